The van der Waals surface area contributed by atoms with Crippen molar-refractivity contribution in [3.05, 3.63) is 35.1 Å². The number of alkyl halides is 3. The SMILES string of the molecule is CCNC(=NCc1ccc(F)c(CN(C)C)c1)N1CCC(CN(CC)CC(F)(F)F)C1.I. The van der Waals surface area contributed by atoms with Gasteiger partial charge in [-0.2, -0.15) is 13.2 Å². The summed E-state index contributed by atoms with van der Waals surface area (Å²) in [6.45, 7) is 6.75. The molecule has 0 spiro atoms. The lowest BCUT2D eigenvalue weighted by Gasteiger charge is -2.26. The van der Waals surface area contributed by atoms with Gasteiger partial charge in [-0.1, -0.05) is 13.0 Å². The van der Waals surface area contributed by atoms with Crippen LogP contribution in [0.5, 0.6) is 0 Å². The van der Waals surface area contributed by atoms with E-state index in [2.05, 4.69) is 10.2 Å². The number of halogens is 5. The van der Waals surface area contributed by atoms with Gasteiger partial charge in [-0.25, -0.2) is 9.38 Å². The zero-order valence-electron chi connectivity index (χ0n) is 19.4. The summed E-state index contributed by atoms with van der Waals surface area (Å²) in [5.74, 6) is 0.695. The third-order valence-electron chi connectivity index (χ3n) is 5.29. The molecule has 1 fully saturated rings. The summed E-state index contributed by atoms with van der Waals surface area (Å²) in [5, 5.41) is 3.28. The van der Waals surface area contributed by atoms with Gasteiger partial charge < -0.3 is 15.1 Å². The molecule has 0 saturated carbocycles. The molecule has 1 atom stereocenters. The number of hydrogen-bond donors (Lipinski definition) is 1. The quantitative estimate of drug-likeness (QED) is 0.208. The van der Waals surface area contributed by atoms with Crippen molar-refractivity contribution in [2.24, 2.45) is 10.9 Å². The number of likely N-dealkylation sites (tertiary alicyclic amines) is 1. The van der Waals surface area contributed by atoms with E-state index >= 15 is 0 Å². The van der Waals surface area contributed by atoms with Gasteiger partial charge in [0.25, 0.3) is 0 Å². The summed E-state index contributed by atoms with van der Waals surface area (Å²) >= 11 is 0. The van der Waals surface area contributed by atoms with E-state index in [1.807, 2.05) is 32.0 Å². The van der Waals surface area contributed by atoms with Gasteiger partial charge in [0.1, 0.15) is 5.82 Å². The molecule has 5 nitrogen and oxygen atoms in total. The molecule has 1 saturated heterocycles. The van der Waals surface area contributed by atoms with E-state index < -0.39 is 12.7 Å². The predicted molar refractivity (Wildman–Crippen MR) is 132 cm³/mol. The highest BCUT2D eigenvalue weighted by Gasteiger charge is 2.33. The second kappa shape index (κ2) is 13.5. The third-order valence-corrected chi connectivity index (χ3v) is 5.29. The molecule has 1 unspecified atom stereocenters. The van der Waals surface area contributed by atoms with Crippen molar-refractivity contribution in [3.63, 3.8) is 0 Å². The first-order chi connectivity index (χ1) is 14.6. The highest BCUT2D eigenvalue weighted by Crippen LogP contribution is 2.22. The van der Waals surface area contributed by atoms with Crippen molar-refractivity contribution in [1.29, 1.82) is 0 Å². The van der Waals surface area contributed by atoms with Gasteiger partial charge in [0.2, 0.25) is 0 Å². The lowest BCUT2D eigenvalue weighted by atomic mass is 10.1. The first kappa shape index (κ1) is 28.9. The molecule has 1 aromatic rings. The number of nitrogens with one attached hydrogen (secondary N) is 1. The Morgan fingerprint density at radius 1 is 1.25 bits per heavy atom. The maximum Gasteiger partial charge on any atom is 0.401 e. The van der Waals surface area contributed by atoms with Crippen molar-refractivity contribution in [2.75, 3.05) is 53.4 Å². The van der Waals surface area contributed by atoms with Crippen molar-refractivity contribution in [1.82, 2.24) is 20.0 Å². The van der Waals surface area contributed by atoms with E-state index in [0.29, 0.717) is 44.8 Å². The highest BCUT2D eigenvalue weighted by molar-refractivity contribution is 14.0. The average molecular weight is 573 g/mol. The standard InChI is InChI=1S/C22H35F4N5.HI/c1-5-27-21(28-12-17-7-8-20(23)19(11-17)15-29(3)4)31-10-9-18(14-31)13-30(6-2)16-22(24,25)26;/h7-8,11,18H,5-6,9-10,12-16H2,1-4H3,(H,27,28);1H. The minimum absolute atomic E-state index is 0. The van der Waals surface area contributed by atoms with Gasteiger partial charge in [-0.05, 0) is 57.6 Å². The van der Waals surface area contributed by atoms with Crippen LogP contribution in [0, 0.1) is 11.7 Å². The first-order valence-corrected chi connectivity index (χ1v) is 10.9. The minimum Gasteiger partial charge on any atom is -0.357 e. The van der Waals surface area contributed by atoms with Crippen LogP contribution in [-0.2, 0) is 13.1 Å². The summed E-state index contributed by atoms with van der Waals surface area (Å²) in [6.07, 6.45) is -3.34. The van der Waals surface area contributed by atoms with Crippen molar-refractivity contribution >= 4 is 29.9 Å². The lowest BCUT2D eigenvalue weighted by Crippen LogP contribution is -2.41. The number of aliphatic imine (C=N–C) groups is 1. The zero-order valence-corrected chi connectivity index (χ0v) is 21.7. The monoisotopic (exact) mass is 573 g/mol. The molecule has 32 heavy (non-hydrogen) atoms. The molecule has 0 radical (unpaired) electrons. The second-order valence-corrected chi connectivity index (χ2v) is 8.38. The highest BCUT2D eigenvalue weighted by atomic mass is 127. The van der Waals surface area contributed by atoms with Crippen LogP contribution < -0.4 is 5.32 Å². The normalized spacial score (nSPS) is 17.2. The minimum atomic E-state index is -4.18. The summed E-state index contributed by atoms with van der Waals surface area (Å²) in [6, 6.07) is 5.05. The van der Waals surface area contributed by atoms with E-state index in [0.717, 1.165) is 24.5 Å². The topological polar surface area (TPSA) is 34.1 Å². The summed E-state index contributed by atoms with van der Waals surface area (Å²) in [4.78, 5) is 10.2. The van der Waals surface area contributed by atoms with Crippen LogP contribution in [-0.4, -0.2) is 80.2 Å². The predicted octanol–water partition coefficient (Wildman–Crippen LogP) is 4.18. The molecule has 0 aliphatic carbocycles. The van der Waals surface area contributed by atoms with E-state index in [1.54, 1.807) is 13.0 Å². The number of rotatable bonds is 9. The molecule has 1 N–H and O–H groups in total. The van der Waals surface area contributed by atoms with Gasteiger partial charge in [0.15, 0.2) is 5.96 Å². The molecule has 184 valence electrons. The van der Waals surface area contributed by atoms with Crippen molar-refractivity contribution < 1.29 is 17.6 Å². The molecule has 1 aromatic carbocycles. The maximum absolute atomic E-state index is 14.0. The first-order valence-electron chi connectivity index (χ1n) is 10.9. The summed E-state index contributed by atoms with van der Waals surface area (Å²) in [7, 11) is 3.79. The molecule has 2 rings (SSSR count). The molecule has 1 aliphatic heterocycles. The largest absolute Gasteiger partial charge is 0.401 e. The second-order valence-electron chi connectivity index (χ2n) is 8.38. The summed E-state index contributed by atoms with van der Waals surface area (Å²) < 4.78 is 52.3. The molecular formula is C22H36F4IN5. The van der Waals surface area contributed by atoms with E-state index in [4.69, 9.17) is 4.99 Å². The Morgan fingerprint density at radius 3 is 2.56 bits per heavy atom. The molecular weight excluding hydrogens is 537 g/mol. The smallest absolute Gasteiger partial charge is 0.357 e. The molecule has 1 heterocycles. The Bertz CT molecular complexity index is 727. The van der Waals surface area contributed by atoms with E-state index in [1.165, 1.54) is 11.0 Å². The fraction of sp³-hybridized carbons (Fsp3) is 0.682. The Balaban J connectivity index is 0.00000512. The lowest BCUT2D eigenvalue weighted by molar-refractivity contribution is -0.146. The van der Waals surface area contributed by atoms with Crippen LogP contribution in [0.4, 0.5) is 17.6 Å². The van der Waals surface area contributed by atoms with Gasteiger partial charge >= 0.3 is 6.18 Å². The molecule has 0 bridgehead atoms. The van der Waals surface area contributed by atoms with Crippen LogP contribution in [0.15, 0.2) is 23.2 Å². The Hall–Kier alpha value is -1.14. The number of guanidine groups is 1. The van der Waals surface area contributed by atoms with Crippen molar-refractivity contribution in [3.8, 4) is 0 Å². The fourth-order valence-electron chi connectivity index (χ4n) is 3.88. The number of hydrogen-bond acceptors (Lipinski definition) is 3. The Morgan fingerprint density at radius 2 is 1.97 bits per heavy atom. The number of benzene rings is 1. The number of nitrogens with zero attached hydrogens (tertiary/aromatic N) is 4. The van der Waals surface area contributed by atoms with Crippen LogP contribution in [0.1, 0.15) is 31.4 Å². The van der Waals surface area contributed by atoms with Crippen LogP contribution in [0.3, 0.4) is 0 Å². The van der Waals surface area contributed by atoms with Crippen LogP contribution in [0.2, 0.25) is 0 Å². The van der Waals surface area contributed by atoms with Gasteiger partial charge in [0, 0.05) is 38.3 Å². The maximum atomic E-state index is 14.0. The van der Waals surface area contributed by atoms with Crippen LogP contribution >= 0.6 is 24.0 Å². The van der Waals surface area contributed by atoms with Gasteiger partial charge in [-0.15, -0.1) is 24.0 Å². The molecule has 1 aliphatic rings. The Kier molecular flexibility index (Phi) is 12.2. The Labute approximate surface area is 206 Å². The zero-order chi connectivity index (χ0) is 23.0. The molecule has 0 aromatic heterocycles. The van der Waals surface area contributed by atoms with Gasteiger partial charge in [0.05, 0.1) is 13.1 Å². The van der Waals surface area contributed by atoms with Gasteiger partial charge in [-0.3, -0.25) is 4.90 Å². The molecule has 10 heteroatoms. The fourth-order valence-corrected chi connectivity index (χ4v) is 3.88. The summed E-state index contributed by atoms with van der Waals surface area (Å²) in [5.41, 5.74) is 1.56. The van der Waals surface area contributed by atoms with Crippen LogP contribution in [0.25, 0.3) is 0 Å². The average Bonchev–Trinajstić information content (AvgIpc) is 3.13. The van der Waals surface area contributed by atoms with E-state index in [-0.39, 0.29) is 35.7 Å². The third kappa shape index (κ3) is 9.78. The molecule has 0 amide bonds. The van der Waals surface area contributed by atoms with E-state index in [9.17, 15) is 17.6 Å². The van der Waals surface area contributed by atoms with Crippen molar-refractivity contribution in [2.45, 2.75) is 39.5 Å².